The molecule has 0 atom stereocenters. The molecule has 0 amide bonds. The highest BCUT2D eigenvalue weighted by atomic mass is 16.6. The van der Waals surface area contributed by atoms with Crippen LogP contribution in [0.2, 0.25) is 0 Å². The fourth-order valence-corrected chi connectivity index (χ4v) is 2.06. The summed E-state index contributed by atoms with van der Waals surface area (Å²) in [6, 6.07) is 11.6. The number of Topliss-reactive ketones (excluding diaryl/α,β-unsaturated/α-hetero) is 1. The van der Waals surface area contributed by atoms with Crippen LogP contribution in [0.25, 0.3) is 0 Å². The number of hydrogen-bond donors (Lipinski definition) is 0. The Morgan fingerprint density at radius 1 is 1.19 bits per heavy atom. The van der Waals surface area contributed by atoms with Gasteiger partial charge in [0.05, 0.1) is 12.0 Å². The third kappa shape index (κ3) is 3.66. The largest absolute Gasteiger partial charge is 0.497 e. The fraction of sp³-hybridized carbons (Fsp3) is 0.188. The van der Waals surface area contributed by atoms with Crippen LogP contribution in [0, 0.1) is 17.0 Å². The third-order valence-electron chi connectivity index (χ3n) is 3.12. The molecule has 0 heterocycles. The smallest absolute Gasteiger partial charge is 0.270 e. The minimum absolute atomic E-state index is 0.0620. The molecule has 5 heteroatoms. The highest BCUT2D eigenvalue weighted by molar-refractivity contribution is 5.98. The number of hydrogen-bond acceptors (Lipinski definition) is 4. The van der Waals surface area contributed by atoms with Gasteiger partial charge in [-0.2, -0.15) is 0 Å². The number of methoxy groups -OCH3 is 1. The summed E-state index contributed by atoms with van der Waals surface area (Å²) in [5.41, 5.74) is 1.83. The van der Waals surface area contributed by atoms with Crippen molar-refractivity contribution in [2.24, 2.45) is 0 Å². The molecular weight excluding hydrogens is 270 g/mol. The second-order valence-corrected chi connectivity index (χ2v) is 4.76. The summed E-state index contributed by atoms with van der Waals surface area (Å²) in [5, 5.41) is 10.8. The van der Waals surface area contributed by atoms with Gasteiger partial charge in [-0.1, -0.05) is 12.1 Å². The van der Waals surface area contributed by atoms with Gasteiger partial charge in [0.25, 0.3) is 5.69 Å². The van der Waals surface area contributed by atoms with E-state index in [1.807, 2.05) is 0 Å². The van der Waals surface area contributed by atoms with Gasteiger partial charge in [-0.05, 0) is 36.2 Å². The lowest BCUT2D eigenvalue weighted by atomic mass is 10.0. The lowest BCUT2D eigenvalue weighted by molar-refractivity contribution is -0.384. The SMILES string of the molecule is COc1ccc(CC(=O)c2cc(C)cc([N+](=O)[O-])c2)cc1. The van der Waals surface area contributed by atoms with Crippen molar-refractivity contribution >= 4 is 11.5 Å². The summed E-state index contributed by atoms with van der Waals surface area (Å²) in [6.45, 7) is 1.73. The Balaban J connectivity index is 2.21. The number of aryl methyl sites for hydroxylation is 1. The predicted molar refractivity (Wildman–Crippen MR) is 78.9 cm³/mol. The normalized spacial score (nSPS) is 10.2. The van der Waals surface area contributed by atoms with E-state index in [0.29, 0.717) is 11.1 Å². The van der Waals surface area contributed by atoms with Gasteiger partial charge in [0.2, 0.25) is 0 Å². The Kier molecular flexibility index (Phi) is 4.33. The van der Waals surface area contributed by atoms with Gasteiger partial charge < -0.3 is 4.74 Å². The first-order valence-electron chi connectivity index (χ1n) is 6.42. The van der Waals surface area contributed by atoms with Crippen molar-refractivity contribution in [3.05, 3.63) is 69.3 Å². The van der Waals surface area contributed by atoms with Crippen molar-refractivity contribution in [2.45, 2.75) is 13.3 Å². The second kappa shape index (κ2) is 6.17. The average Bonchev–Trinajstić information content (AvgIpc) is 2.47. The zero-order chi connectivity index (χ0) is 15.4. The van der Waals surface area contributed by atoms with Gasteiger partial charge in [-0.3, -0.25) is 14.9 Å². The molecule has 0 spiro atoms. The lowest BCUT2D eigenvalue weighted by Crippen LogP contribution is -2.05. The summed E-state index contributed by atoms with van der Waals surface area (Å²) in [4.78, 5) is 22.6. The van der Waals surface area contributed by atoms with Crippen LogP contribution in [-0.4, -0.2) is 17.8 Å². The van der Waals surface area contributed by atoms with E-state index in [-0.39, 0.29) is 17.9 Å². The monoisotopic (exact) mass is 285 g/mol. The number of carbonyl (C=O) groups excluding carboxylic acids is 1. The Bertz CT molecular complexity index is 677. The van der Waals surface area contributed by atoms with Crippen LogP contribution < -0.4 is 4.74 Å². The molecule has 0 N–H and O–H groups in total. The summed E-state index contributed by atoms with van der Waals surface area (Å²) in [5.74, 6) is 0.573. The molecular formula is C16H15NO4. The van der Waals surface area contributed by atoms with Crippen molar-refractivity contribution in [3.63, 3.8) is 0 Å². The molecule has 0 saturated heterocycles. The number of nitro benzene ring substituents is 1. The maximum absolute atomic E-state index is 12.2. The molecule has 0 fully saturated rings. The molecule has 0 aliphatic carbocycles. The zero-order valence-electron chi connectivity index (χ0n) is 11.8. The average molecular weight is 285 g/mol. The van der Waals surface area contributed by atoms with Gasteiger partial charge in [-0.15, -0.1) is 0 Å². The Hall–Kier alpha value is -2.69. The molecule has 2 aromatic carbocycles. The third-order valence-corrected chi connectivity index (χ3v) is 3.12. The van der Waals surface area contributed by atoms with Gasteiger partial charge >= 0.3 is 0 Å². The molecule has 0 aliphatic rings. The van der Waals surface area contributed by atoms with Crippen LogP contribution in [0.5, 0.6) is 5.75 Å². The number of rotatable bonds is 5. The fourth-order valence-electron chi connectivity index (χ4n) is 2.06. The number of carbonyl (C=O) groups is 1. The standard InChI is InChI=1S/C16H15NO4/c1-11-7-13(10-14(8-11)17(19)20)16(18)9-12-3-5-15(21-2)6-4-12/h3-8,10H,9H2,1-2H3. The van der Waals surface area contributed by atoms with E-state index >= 15 is 0 Å². The molecule has 0 aromatic heterocycles. The van der Waals surface area contributed by atoms with Gasteiger partial charge in [0.1, 0.15) is 5.75 Å². The Labute approximate surface area is 122 Å². The number of ketones is 1. The number of non-ortho nitro benzene ring substituents is 1. The van der Waals surface area contributed by atoms with Crippen molar-refractivity contribution in [1.82, 2.24) is 0 Å². The highest BCUT2D eigenvalue weighted by Crippen LogP contribution is 2.19. The molecule has 0 unspecified atom stereocenters. The molecule has 0 radical (unpaired) electrons. The van der Waals surface area contributed by atoms with Crippen molar-refractivity contribution in [1.29, 1.82) is 0 Å². The number of nitro groups is 1. The van der Waals surface area contributed by atoms with E-state index < -0.39 is 4.92 Å². The highest BCUT2D eigenvalue weighted by Gasteiger charge is 2.13. The summed E-state index contributed by atoms with van der Waals surface area (Å²) < 4.78 is 5.06. The maximum atomic E-state index is 12.2. The van der Waals surface area contributed by atoms with Crippen LogP contribution in [0.3, 0.4) is 0 Å². The van der Waals surface area contributed by atoms with Crippen LogP contribution in [0.15, 0.2) is 42.5 Å². The van der Waals surface area contributed by atoms with E-state index in [2.05, 4.69) is 0 Å². The quantitative estimate of drug-likeness (QED) is 0.480. The predicted octanol–water partition coefficient (Wildman–Crippen LogP) is 3.34. The minimum atomic E-state index is -0.489. The second-order valence-electron chi connectivity index (χ2n) is 4.76. The summed E-state index contributed by atoms with van der Waals surface area (Å²) >= 11 is 0. The number of nitrogens with zero attached hydrogens (tertiary/aromatic N) is 1. The molecule has 0 bridgehead atoms. The van der Waals surface area contributed by atoms with Crippen LogP contribution in [0.1, 0.15) is 21.5 Å². The topological polar surface area (TPSA) is 69.4 Å². The first-order chi connectivity index (χ1) is 9.99. The molecule has 0 saturated carbocycles. The molecule has 2 aromatic rings. The molecule has 2 rings (SSSR count). The summed E-state index contributed by atoms with van der Waals surface area (Å²) in [6.07, 6.45) is 0.199. The van der Waals surface area contributed by atoms with Crippen molar-refractivity contribution < 1.29 is 14.5 Å². The van der Waals surface area contributed by atoms with Crippen LogP contribution in [-0.2, 0) is 6.42 Å². The van der Waals surface area contributed by atoms with Gasteiger partial charge in [0.15, 0.2) is 5.78 Å². The van der Waals surface area contributed by atoms with E-state index in [9.17, 15) is 14.9 Å². The van der Waals surface area contributed by atoms with Crippen LogP contribution in [0.4, 0.5) is 5.69 Å². The Morgan fingerprint density at radius 3 is 2.43 bits per heavy atom. The number of ether oxygens (including phenoxy) is 1. The number of benzene rings is 2. The van der Waals surface area contributed by atoms with Crippen molar-refractivity contribution in [2.75, 3.05) is 7.11 Å². The van der Waals surface area contributed by atoms with E-state index in [4.69, 9.17) is 4.74 Å². The molecule has 108 valence electrons. The first-order valence-corrected chi connectivity index (χ1v) is 6.42. The zero-order valence-corrected chi connectivity index (χ0v) is 11.8. The molecule has 5 nitrogen and oxygen atoms in total. The minimum Gasteiger partial charge on any atom is -0.497 e. The first kappa shape index (κ1) is 14.7. The van der Waals surface area contributed by atoms with Gasteiger partial charge in [-0.25, -0.2) is 0 Å². The van der Waals surface area contributed by atoms with E-state index in [1.54, 1.807) is 44.4 Å². The van der Waals surface area contributed by atoms with Gasteiger partial charge in [0, 0.05) is 24.1 Å². The molecule has 0 aliphatic heterocycles. The van der Waals surface area contributed by atoms with E-state index in [0.717, 1.165) is 11.3 Å². The van der Waals surface area contributed by atoms with Crippen molar-refractivity contribution in [3.8, 4) is 5.75 Å². The summed E-state index contributed by atoms with van der Waals surface area (Å²) in [7, 11) is 1.58. The van der Waals surface area contributed by atoms with E-state index in [1.165, 1.54) is 12.1 Å². The molecule has 21 heavy (non-hydrogen) atoms. The Morgan fingerprint density at radius 2 is 1.86 bits per heavy atom. The van der Waals surface area contributed by atoms with Crippen LogP contribution >= 0.6 is 0 Å². The lowest BCUT2D eigenvalue weighted by Gasteiger charge is -2.05. The maximum Gasteiger partial charge on any atom is 0.270 e.